The summed E-state index contributed by atoms with van der Waals surface area (Å²) in [7, 11) is 0. The molecule has 0 aliphatic rings. The number of hydrogen-bond acceptors (Lipinski definition) is 4. The zero-order chi connectivity index (χ0) is 14.9. The smallest absolute Gasteiger partial charge is 0.295 e. The highest BCUT2D eigenvalue weighted by Crippen LogP contribution is 2.22. The number of H-pyrrole nitrogens is 1. The first-order chi connectivity index (χ1) is 9.38. The van der Waals surface area contributed by atoms with E-state index in [1.807, 2.05) is 0 Å². The molecule has 0 amide bonds. The predicted molar refractivity (Wildman–Crippen MR) is 76.2 cm³/mol. The van der Waals surface area contributed by atoms with Crippen LogP contribution in [0.5, 0.6) is 0 Å². The molecule has 1 aromatic heterocycles. The van der Waals surface area contributed by atoms with Crippen LogP contribution in [0.2, 0.25) is 5.02 Å². The molecule has 0 aliphatic carbocycles. The molecule has 1 N–H and O–H groups in total. The normalized spacial score (nSPS) is 10.5. The van der Waals surface area contributed by atoms with Crippen molar-refractivity contribution in [1.82, 2.24) is 9.55 Å². The molecule has 2 rings (SSSR count). The first-order valence-corrected chi connectivity index (χ1v) is 6.47. The van der Waals surface area contributed by atoms with E-state index >= 15 is 0 Å². The third-order valence-electron chi connectivity index (χ3n) is 2.55. The van der Waals surface area contributed by atoms with Gasteiger partial charge in [0.05, 0.1) is 15.9 Å². The summed E-state index contributed by atoms with van der Waals surface area (Å²) in [4.78, 5) is 35.1. The molecule has 0 bridgehead atoms. The molecular weight excluding hydrogens is 353 g/mol. The maximum absolute atomic E-state index is 11.6. The molecule has 0 radical (unpaired) electrons. The van der Waals surface area contributed by atoms with Gasteiger partial charge in [0.15, 0.2) is 0 Å². The Kier molecular flexibility index (Phi) is 4.05. The Morgan fingerprint density at radius 3 is 2.75 bits per heavy atom. The zero-order valence-corrected chi connectivity index (χ0v) is 12.1. The quantitative estimate of drug-likeness (QED) is 0.667. The van der Waals surface area contributed by atoms with E-state index in [-0.39, 0.29) is 16.7 Å². The maximum Gasteiger partial charge on any atom is 0.328 e. The summed E-state index contributed by atoms with van der Waals surface area (Å²) in [5.41, 5.74) is -0.889. The fourth-order valence-electron chi connectivity index (χ4n) is 1.58. The highest BCUT2D eigenvalue weighted by Gasteiger charge is 2.11. The summed E-state index contributed by atoms with van der Waals surface area (Å²) >= 11 is 8.96. The second kappa shape index (κ2) is 5.59. The van der Waals surface area contributed by atoms with Crippen LogP contribution in [-0.4, -0.2) is 14.5 Å². The molecule has 1 heterocycles. The van der Waals surface area contributed by atoms with Crippen LogP contribution in [0, 0.1) is 10.1 Å². The van der Waals surface area contributed by atoms with Crippen LogP contribution in [0.25, 0.3) is 0 Å². The van der Waals surface area contributed by atoms with E-state index in [0.717, 1.165) is 0 Å². The highest BCUT2D eigenvalue weighted by molar-refractivity contribution is 9.10. The number of nitrogens with one attached hydrogen (secondary N) is 1. The summed E-state index contributed by atoms with van der Waals surface area (Å²) in [6.45, 7) is 0.00866. The van der Waals surface area contributed by atoms with Gasteiger partial charge in [-0.3, -0.25) is 24.5 Å². The first kappa shape index (κ1) is 14.5. The standard InChI is InChI=1S/C11H7BrClN3O4/c12-8-5-15(11(18)14-10(8)17)4-6-3-7(16(19)20)1-2-9(6)13/h1-3,5H,4H2,(H,14,17,18). The van der Waals surface area contributed by atoms with Crippen LogP contribution in [0.3, 0.4) is 0 Å². The summed E-state index contributed by atoms with van der Waals surface area (Å²) in [6, 6.07) is 3.95. The Labute approximate surface area is 125 Å². The Hall–Kier alpha value is -1.93. The van der Waals surface area contributed by atoms with E-state index < -0.39 is 16.2 Å². The van der Waals surface area contributed by atoms with Crippen molar-refractivity contribution < 1.29 is 4.92 Å². The van der Waals surface area contributed by atoms with Gasteiger partial charge in [0, 0.05) is 23.4 Å². The van der Waals surface area contributed by atoms with Crippen molar-refractivity contribution in [1.29, 1.82) is 0 Å². The van der Waals surface area contributed by atoms with Gasteiger partial charge in [-0.2, -0.15) is 0 Å². The van der Waals surface area contributed by atoms with Crippen molar-refractivity contribution in [3.63, 3.8) is 0 Å². The van der Waals surface area contributed by atoms with Crippen LogP contribution in [0.1, 0.15) is 5.56 Å². The van der Waals surface area contributed by atoms with Gasteiger partial charge in [-0.15, -0.1) is 0 Å². The third-order valence-corrected chi connectivity index (χ3v) is 3.48. The average Bonchev–Trinajstić information content (AvgIpc) is 2.38. The molecule has 0 unspecified atom stereocenters. The highest BCUT2D eigenvalue weighted by atomic mass is 79.9. The fraction of sp³-hybridized carbons (Fsp3) is 0.0909. The molecule has 7 nitrogen and oxygen atoms in total. The van der Waals surface area contributed by atoms with Crippen molar-refractivity contribution in [2.75, 3.05) is 0 Å². The van der Waals surface area contributed by atoms with Crippen molar-refractivity contribution in [3.05, 3.63) is 70.4 Å². The number of nitro benzene ring substituents is 1. The Balaban J connectivity index is 2.47. The average molecular weight is 361 g/mol. The number of hydrogen-bond donors (Lipinski definition) is 1. The van der Waals surface area contributed by atoms with Crippen LogP contribution in [0.4, 0.5) is 5.69 Å². The molecular formula is C11H7BrClN3O4. The monoisotopic (exact) mass is 359 g/mol. The summed E-state index contributed by atoms with van der Waals surface area (Å²) in [6.07, 6.45) is 1.30. The number of rotatable bonds is 3. The van der Waals surface area contributed by atoms with Gasteiger partial charge in [-0.25, -0.2) is 4.79 Å². The van der Waals surface area contributed by atoms with Crippen molar-refractivity contribution in [2.45, 2.75) is 6.54 Å². The number of nitro groups is 1. The second-order valence-corrected chi connectivity index (χ2v) is 5.16. The van der Waals surface area contributed by atoms with Gasteiger partial charge < -0.3 is 0 Å². The van der Waals surface area contributed by atoms with Gasteiger partial charge in [0.1, 0.15) is 0 Å². The van der Waals surface area contributed by atoms with E-state index in [2.05, 4.69) is 20.9 Å². The van der Waals surface area contributed by atoms with Crippen LogP contribution < -0.4 is 11.2 Å². The van der Waals surface area contributed by atoms with Gasteiger partial charge in [-0.1, -0.05) is 11.6 Å². The molecule has 9 heteroatoms. The van der Waals surface area contributed by atoms with E-state index in [1.165, 1.54) is 29.0 Å². The summed E-state index contributed by atoms with van der Waals surface area (Å²) < 4.78 is 1.37. The lowest BCUT2D eigenvalue weighted by molar-refractivity contribution is -0.384. The molecule has 0 fully saturated rings. The van der Waals surface area contributed by atoms with E-state index in [1.54, 1.807) is 0 Å². The summed E-state index contributed by atoms with van der Waals surface area (Å²) in [5.74, 6) is 0. The molecule has 0 spiro atoms. The first-order valence-electron chi connectivity index (χ1n) is 5.30. The predicted octanol–water partition coefficient (Wildman–Crippen LogP) is 1.91. The SMILES string of the molecule is O=c1[nH]c(=O)n(Cc2cc([N+](=O)[O-])ccc2Cl)cc1Br. The molecule has 2 aromatic rings. The van der Waals surface area contributed by atoms with Gasteiger partial charge >= 0.3 is 5.69 Å². The number of nitrogens with zero attached hydrogens (tertiary/aromatic N) is 2. The Morgan fingerprint density at radius 1 is 1.40 bits per heavy atom. The molecule has 0 saturated carbocycles. The van der Waals surface area contributed by atoms with Gasteiger partial charge in [0.2, 0.25) is 0 Å². The molecule has 20 heavy (non-hydrogen) atoms. The Bertz CT molecular complexity index is 799. The van der Waals surface area contributed by atoms with E-state index in [9.17, 15) is 19.7 Å². The molecule has 0 saturated heterocycles. The Morgan fingerprint density at radius 2 is 2.10 bits per heavy atom. The van der Waals surface area contributed by atoms with Crippen LogP contribution >= 0.6 is 27.5 Å². The number of halogens is 2. The van der Waals surface area contributed by atoms with Crippen molar-refractivity contribution in [2.24, 2.45) is 0 Å². The van der Waals surface area contributed by atoms with E-state index in [0.29, 0.717) is 10.6 Å². The number of non-ortho nitro benzene ring substituents is 1. The fourth-order valence-corrected chi connectivity index (χ4v) is 2.10. The van der Waals surface area contributed by atoms with Crippen LogP contribution in [0.15, 0.2) is 38.5 Å². The van der Waals surface area contributed by atoms with Gasteiger partial charge in [-0.05, 0) is 27.6 Å². The lowest BCUT2D eigenvalue weighted by atomic mass is 10.2. The van der Waals surface area contributed by atoms with Crippen molar-refractivity contribution >= 4 is 33.2 Å². The topological polar surface area (TPSA) is 98.0 Å². The number of benzene rings is 1. The molecule has 104 valence electrons. The molecule has 1 aromatic carbocycles. The number of aromatic amines is 1. The minimum atomic E-state index is -0.624. The molecule has 0 aliphatic heterocycles. The number of aromatic nitrogens is 2. The van der Waals surface area contributed by atoms with Crippen LogP contribution in [-0.2, 0) is 6.54 Å². The second-order valence-electron chi connectivity index (χ2n) is 3.90. The lowest BCUT2D eigenvalue weighted by Gasteiger charge is -2.07. The third kappa shape index (κ3) is 2.97. The molecule has 0 atom stereocenters. The van der Waals surface area contributed by atoms with Crippen molar-refractivity contribution in [3.8, 4) is 0 Å². The van der Waals surface area contributed by atoms with Gasteiger partial charge in [0.25, 0.3) is 11.2 Å². The minimum Gasteiger partial charge on any atom is -0.295 e. The summed E-state index contributed by atoms with van der Waals surface area (Å²) in [5, 5.41) is 11.0. The largest absolute Gasteiger partial charge is 0.328 e. The lowest BCUT2D eigenvalue weighted by Crippen LogP contribution is -2.30. The van der Waals surface area contributed by atoms with E-state index in [4.69, 9.17) is 11.6 Å². The maximum atomic E-state index is 11.6. The minimum absolute atomic E-state index is 0.00866. The zero-order valence-electron chi connectivity index (χ0n) is 9.80.